The molecule has 0 aromatic heterocycles. The van der Waals surface area contributed by atoms with Crippen LogP contribution in [0.1, 0.15) is 41.4 Å². The Bertz CT molecular complexity index is 1710. The summed E-state index contributed by atoms with van der Waals surface area (Å²) < 4.78 is 42.8. The lowest BCUT2D eigenvalue weighted by Crippen LogP contribution is -2.17. The van der Waals surface area contributed by atoms with Crippen LogP contribution in [0.2, 0.25) is 0 Å². The van der Waals surface area contributed by atoms with Gasteiger partial charge in [0.2, 0.25) is 34.6 Å². The molecule has 12 nitrogen and oxygen atoms in total. The summed E-state index contributed by atoms with van der Waals surface area (Å²) in [7, 11) is 11.2. The number of methoxy groups -OCH3 is 8. The van der Waals surface area contributed by atoms with Crippen LogP contribution in [0.3, 0.4) is 0 Å². The fraction of sp³-hybridized carbons (Fsp3) is 0.222. The monoisotopic (exact) mass is 658 g/mol. The van der Waals surface area contributed by atoms with Crippen molar-refractivity contribution in [3.63, 3.8) is 0 Å². The molecule has 0 aliphatic rings. The van der Waals surface area contributed by atoms with Crippen LogP contribution in [-0.2, 0) is 0 Å². The van der Waals surface area contributed by atoms with Crippen molar-refractivity contribution in [2.24, 2.45) is 0 Å². The summed E-state index contributed by atoms with van der Waals surface area (Å²) in [5, 5.41) is 0. The fourth-order valence-electron chi connectivity index (χ4n) is 5.06. The van der Waals surface area contributed by atoms with Crippen LogP contribution in [0.5, 0.6) is 46.0 Å². The van der Waals surface area contributed by atoms with E-state index in [1.807, 2.05) is 0 Å². The van der Waals surface area contributed by atoms with Crippen LogP contribution < -0.4 is 37.9 Å². The molecule has 0 bridgehead atoms. The van der Waals surface area contributed by atoms with Crippen molar-refractivity contribution in [2.75, 3.05) is 56.9 Å². The van der Waals surface area contributed by atoms with E-state index in [1.54, 1.807) is 12.1 Å². The van der Waals surface area contributed by atoms with Crippen LogP contribution in [0.4, 0.5) is 0 Å². The molecule has 0 spiro atoms. The van der Waals surface area contributed by atoms with E-state index in [1.165, 1.54) is 105 Å². The third-order valence-corrected chi connectivity index (χ3v) is 7.49. The Morgan fingerprint density at radius 3 is 0.896 bits per heavy atom. The first-order chi connectivity index (χ1) is 23.1. The van der Waals surface area contributed by atoms with Crippen molar-refractivity contribution in [3.05, 3.63) is 82.9 Å². The lowest BCUT2D eigenvalue weighted by Gasteiger charge is -2.15. The quantitative estimate of drug-likeness (QED) is 0.117. The third-order valence-electron chi connectivity index (χ3n) is 7.49. The average Bonchev–Trinajstić information content (AvgIpc) is 3.14. The first-order valence-electron chi connectivity index (χ1n) is 14.3. The molecule has 0 aliphatic carbocycles. The number of rotatable bonds is 15. The maximum Gasteiger partial charge on any atom is 0.237 e. The summed E-state index contributed by atoms with van der Waals surface area (Å²) in [5.74, 6) is -1.84. The van der Waals surface area contributed by atoms with E-state index in [4.69, 9.17) is 37.9 Å². The number of hydrogen-bond donors (Lipinski definition) is 0. The first-order valence-corrected chi connectivity index (χ1v) is 14.3. The molecule has 0 N–H and O–H groups in total. The van der Waals surface area contributed by atoms with Crippen LogP contribution in [0, 0.1) is 0 Å². The predicted molar refractivity (Wildman–Crippen MR) is 174 cm³/mol. The summed E-state index contributed by atoms with van der Waals surface area (Å²) in [4.78, 5) is 54.3. The second kappa shape index (κ2) is 15.0. The lowest BCUT2D eigenvalue weighted by molar-refractivity contribution is 0.0814. The van der Waals surface area contributed by atoms with E-state index in [0.717, 1.165) is 0 Å². The number of benzene rings is 4. The number of ether oxygens (including phenoxy) is 8. The van der Waals surface area contributed by atoms with Crippen molar-refractivity contribution in [3.8, 4) is 57.1 Å². The molecular weight excluding hydrogens is 624 g/mol. The van der Waals surface area contributed by atoms with E-state index in [9.17, 15) is 19.2 Å². The molecule has 0 aliphatic heterocycles. The molecule has 0 saturated carbocycles. The molecule has 0 heterocycles. The van der Waals surface area contributed by atoms with E-state index in [0.29, 0.717) is 11.1 Å². The van der Waals surface area contributed by atoms with Gasteiger partial charge in [-0.15, -0.1) is 0 Å². The second-order valence-electron chi connectivity index (χ2n) is 9.97. The van der Waals surface area contributed by atoms with Gasteiger partial charge in [-0.2, -0.15) is 0 Å². The largest absolute Gasteiger partial charge is 0.496 e. The highest BCUT2D eigenvalue weighted by molar-refractivity contribution is 6.50. The Balaban J connectivity index is 1.76. The maximum absolute atomic E-state index is 13.6. The molecule has 0 saturated heterocycles. The Labute approximate surface area is 277 Å². The highest BCUT2D eigenvalue weighted by Crippen LogP contribution is 2.40. The van der Waals surface area contributed by atoms with Crippen LogP contribution in [-0.4, -0.2) is 80.0 Å². The van der Waals surface area contributed by atoms with Crippen molar-refractivity contribution in [2.45, 2.75) is 0 Å². The van der Waals surface area contributed by atoms with Gasteiger partial charge in [0.25, 0.3) is 0 Å². The topological polar surface area (TPSA) is 142 Å². The fourth-order valence-corrected chi connectivity index (χ4v) is 5.06. The standard InChI is InChI=1S/C36H34O12/c1-41-25-11-9-19(13-23(25)33(39)31(37)21-15-27(43-3)35(47-7)28(16-21)44-4)20-10-12-26(42-2)24(14-20)34(40)32(38)22-17-29(45-5)36(48-8)30(18-22)46-6/h9-18H,1-8H3. The molecule has 0 fully saturated rings. The van der Waals surface area contributed by atoms with Crippen molar-refractivity contribution in [1.82, 2.24) is 0 Å². The van der Waals surface area contributed by atoms with Crippen LogP contribution in [0.25, 0.3) is 11.1 Å². The summed E-state index contributed by atoms with van der Waals surface area (Å²) in [6.45, 7) is 0. The normalized spacial score (nSPS) is 10.4. The lowest BCUT2D eigenvalue weighted by atomic mass is 9.93. The van der Waals surface area contributed by atoms with E-state index in [2.05, 4.69) is 0 Å². The Morgan fingerprint density at radius 2 is 0.646 bits per heavy atom. The minimum absolute atomic E-state index is 0.00425. The zero-order chi connectivity index (χ0) is 35.1. The number of hydrogen-bond acceptors (Lipinski definition) is 12. The van der Waals surface area contributed by atoms with Gasteiger partial charge in [0.15, 0.2) is 23.0 Å². The minimum atomic E-state index is -0.870. The smallest absolute Gasteiger partial charge is 0.237 e. The maximum atomic E-state index is 13.6. The second-order valence-corrected chi connectivity index (χ2v) is 9.97. The van der Waals surface area contributed by atoms with E-state index >= 15 is 0 Å². The molecule has 250 valence electrons. The molecule has 0 unspecified atom stereocenters. The van der Waals surface area contributed by atoms with Gasteiger partial charge in [0, 0.05) is 11.1 Å². The van der Waals surface area contributed by atoms with Gasteiger partial charge in [-0.25, -0.2) is 0 Å². The highest BCUT2D eigenvalue weighted by atomic mass is 16.5. The molecule has 4 aromatic carbocycles. The Kier molecular flexibility index (Phi) is 10.9. The van der Waals surface area contributed by atoms with Crippen LogP contribution >= 0.6 is 0 Å². The zero-order valence-corrected chi connectivity index (χ0v) is 27.7. The summed E-state index contributed by atoms with van der Waals surface area (Å²) in [5.41, 5.74) is 0.841. The van der Waals surface area contributed by atoms with Gasteiger partial charge in [0.1, 0.15) is 11.5 Å². The number of carbonyl (C=O) groups is 4. The summed E-state index contributed by atoms with van der Waals surface area (Å²) in [6.07, 6.45) is 0. The van der Waals surface area contributed by atoms with Gasteiger partial charge in [-0.1, -0.05) is 12.1 Å². The predicted octanol–water partition coefficient (Wildman–Crippen LogP) is 5.55. The molecule has 0 amide bonds. The molecule has 0 radical (unpaired) electrons. The zero-order valence-electron chi connectivity index (χ0n) is 27.7. The number of carbonyl (C=O) groups excluding carboxylic acids is 4. The highest BCUT2D eigenvalue weighted by Gasteiger charge is 2.28. The number of ketones is 4. The Morgan fingerprint density at radius 1 is 0.354 bits per heavy atom. The van der Waals surface area contributed by atoms with Gasteiger partial charge < -0.3 is 37.9 Å². The van der Waals surface area contributed by atoms with Crippen molar-refractivity contribution in [1.29, 1.82) is 0 Å². The van der Waals surface area contributed by atoms with Crippen LogP contribution in [0.15, 0.2) is 60.7 Å². The SMILES string of the molecule is COc1ccc(-c2ccc(OC)c(C(=O)C(=O)c3cc(OC)c(OC)c(OC)c3)c2)cc1C(=O)C(=O)c1cc(OC)c(OC)c(OC)c1. The Hall–Kier alpha value is -6.04. The first kappa shape index (κ1) is 34.8. The molecule has 4 rings (SSSR count). The van der Waals surface area contributed by atoms with Gasteiger partial charge in [0.05, 0.1) is 68.0 Å². The van der Waals surface area contributed by atoms with E-state index < -0.39 is 23.1 Å². The molecule has 12 heteroatoms. The third kappa shape index (κ3) is 6.59. The van der Waals surface area contributed by atoms with Gasteiger partial charge in [-0.05, 0) is 59.7 Å². The number of Topliss-reactive ketones (excluding diaryl/α,β-unsaturated/α-hetero) is 4. The van der Waals surface area contributed by atoms with Gasteiger partial charge in [-0.3, -0.25) is 19.2 Å². The summed E-state index contributed by atoms with van der Waals surface area (Å²) >= 11 is 0. The molecule has 4 aromatic rings. The average molecular weight is 659 g/mol. The van der Waals surface area contributed by atoms with E-state index in [-0.39, 0.29) is 68.2 Å². The molecule has 48 heavy (non-hydrogen) atoms. The summed E-state index contributed by atoms with van der Waals surface area (Å²) in [6, 6.07) is 14.8. The van der Waals surface area contributed by atoms with Crippen molar-refractivity contribution < 1.29 is 57.1 Å². The van der Waals surface area contributed by atoms with Gasteiger partial charge >= 0.3 is 0 Å². The molecule has 0 atom stereocenters. The van der Waals surface area contributed by atoms with Crippen molar-refractivity contribution >= 4 is 23.1 Å². The minimum Gasteiger partial charge on any atom is -0.496 e. The molecular formula is C36H34O12.